The minimum absolute atomic E-state index is 0.209. The topological polar surface area (TPSA) is 26.3 Å². The van der Waals surface area contributed by atoms with E-state index in [1.807, 2.05) is 6.92 Å². The Labute approximate surface area is 179 Å². The lowest BCUT2D eigenvalue weighted by Crippen LogP contribution is -2.01. The number of carbonyl (C=O) groups is 1. The van der Waals surface area contributed by atoms with Crippen molar-refractivity contribution < 1.29 is 9.53 Å². The summed E-state index contributed by atoms with van der Waals surface area (Å²) in [5, 5.41) is 0. The highest BCUT2D eigenvalue weighted by molar-refractivity contribution is 14.2. The largest absolute Gasteiger partial charge is 0.463 e. The van der Waals surface area contributed by atoms with Crippen molar-refractivity contribution in [1.29, 1.82) is 0 Å². The number of alkyl halides is 2. The first-order chi connectivity index (χ1) is 11.7. The molecule has 0 heterocycles. The van der Waals surface area contributed by atoms with Crippen molar-refractivity contribution in [1.82, 2.24) is 0 Å². The number of rotatable bonds is 17. The summed E-state index contributed by atoms with van der Waals surface area (Å²) in [5.41, 5.74) is 0. The molecule has 0 saturated carbocycles. The van der Waals surface area contributed by atoms with Crippen LogP contribution in [0.5, 0.6) is 0 Å². The van der Waals surface area contributed by atoms with Gasteiger partial charge in [-0.1, -0.05) is 128 Å². The smallest absolute Gasteiger partial charge is 0.330 e. The van der Waals surface area contributed by atoms with E-state index in [2.05, 4.69) is 45.2 Å². The van der Waals surface area contributed by atoms with E-state index < -0.39 is 0 Å². The normalized spacial score (nSPS) is 12.0. The Kier molecular flexibility index (Phi) is 20.9. The van der Waals surface area contributed by atoms with E-state index in [4.69, 9.17) is 4.74 Å². The van der Waals surface area contributed by atoms with Gasteiger partial charge in [0.05, 0.1) is 6.61 Å². The Morgan fingerprint density at radius 3 is 1.79 bits per heavy atom. The molecule has 0 rings (SSSR count). The lowest BCUT2D eigenvalue weighted by molar-refractivity contribution is -0.137. The Morgan fingerprint density at radius 1 is 0.875 bits per heavy atom. The molecule has 0 atom stereocenters. The van der Waals surface area contributed by atoms with E-state index in [0.717, 1.165) is 7.98 Å². The Morgan fingerprint density at radius 2 is 1.33 bits per heavy atom. The molecular formula is C19H36I2O2Si. The third-order valence-electron chi connectivity index (χ3n) is 4.11. The van der Waals surface area contributed by atoms with Crippen LogP contribution in [0.2, 0.25) is 6.04 Å². The Balaban J connectivity index is 3.06. The predicted molar refractivity (Wildman–Crippen MR) is 126 cm³/mol. The zero-order valence-electron chi connectivity index (χ0n) is 15.4. The molecule has 0 aromatic heterocycles. The fourth-order valence-corrected chi connectivity index (χ4v) is 6.30. The molecule has 0 spiro atoms. The Hall–Kier alpha value is 0.887. The predicted octanol–water partition coefficient (Wildman–Crippen LogP) is 6.53. The van der Waals surface area contributed by atoms with Gasteiger partial charge in [0.15, 0.2) is 0 Å². The van der Waals surface area contributed by atoms with Crippen molar-refractivity contribution >= 4 is 60.7 Å². The van der Waals surface area contributed by atoms with E-state index in [1.165, 1.54) is 76.7 Å². The van der Waals surface area contributed by atoms with Gasteiger partial charge in [0, 0.05) is 17.2 Å². The second-order valence-corrected chi connectivity index (χ2v) is 17.3. The van der Waals surface area contributed by atoms with E-state index in [0.29, 0.717) is 6.61 Å². The highest BCUT2D eigenvalue weighted by Gasteiger charge is 1.99. The maximum atomic E-state index is 11.1. The van der Waals surface area contributed by atoms with Crippen molar-refractivity contribution in [3.8, 4) is 0 Å². The fraction of sp³-hybridized carbons (Fsp3) is 0.842. The molecule has 2 nitrogen and oxygen atoms in total. The molecule has 0 aromatic carbocycles. The molecule has 0 N–H and O–H groups in total. The van der Waals surface area contributed by atoms with Gasteiger partial charge < -0.3 is 4.74 Å². The summed E-state index contributed by atoms with van der Waals surface area (Å²) in [5.74, 6) is -0.209. The molecule has 0 aliphatic heterocycles. The van der Waals surface area contributed by atoms with Crippen LogP contribution in [0.4, 0.5) is 0 Å². The van der Waals surface area contributed by atoms with E-state index in [9.17, 15) is 4.79 Å². The van der Waals surface area contributed by atoms with Crippen molar-refractivity contribution in [3.05, 3.63) is 12.2 Å². The number of hydrogen-bond acceptors (Lipinski definition) is 2. The quantitative estimate of drug-likeness (QED) is 0.0491. The lowest BCUT2D eigenvalue weighted by atomic mass is 10.1. The van der Waals surface area contributed by atoms with Crippen molar-refractivity contribution in [2.75, 3.05) is 6.61 Å². The number of hydrogen-bond donors (Lipinski definition) is 0. The molecule has 0 bridgehead atoms. The average molecular weight is 578 g/mol. The van der Waals surface area contributed by atoms with Gasteiger partial charge in [0.1, 0.15) is 0 Å². The molecule has 5 heteroatoms. The van der Waals surface area contributed by atoms with Crippen LogP contribution in [-0.4, -0.2) is 23.7 Å². The van der Waals surface area contributed by atoms with Crippen LogP contribution in [0, 0.1) is 0 Å². The highest BCUT2D eigenvalue weighted by Crippen LogP contribution is 2.14. The van der Waals surface area contributed by atoms with E-state index in [1.54, 1.807) is 12.1 Å². The van der Waals surface area contributed by atoms with Gasteiger partial charge in [0.2, 0.25) is 0 Å². The molecular weight excluding hydrogens is 542 g/mol. The number of allylic oxidation sites excluding steroid dienone is 1. The molecule has 0 aliphatic carbocycles. The van der Waals surface area contributed by atoms with Crippen LogP contribution < -0.4 is 0 Å². The van der Waals surface area contributed by atoms with Crippen LogP contribution in [0.25, 0.3) is 0 Å². The van der Waals surface area contributed by atoms with Crippen LogP contribution >= 0.6 is 45.2 Å². The molecule has 0 unspecified atom stereocenters. The monoisotopic (exact) mass is 578 g/mol. The first-order valence-corrected chi connectivity index (χ1v) is 14.0. The maximum absolute atomic E-state index is 11.1. The summed E-state index contributed by atoms with van der Waals surface area (Å²) in [4.78, 5) is 11.1. The Bertz CT molecular complexity index is 310. The first-order valence-electron chi connectivity index (χ1n) is 9.74. The second kappa shape index (κ2) is 20.2. The van der Waals surface area contributed by atoms with Gasteiger partial charge >= 0.3 is 5.97 Å². The standard InChI is InChI=1S/C19H36I2O2Si/c1-2-15-18(22)23-16-13-11-9-7-5-3-4-6-8-10-12-14-17-24-19(20)21/h2,15,19H,3-14,16-17,24H2,1H3. The van der Waals surface area contributed by atoms with Gasteiger partial charge in [-0.25, -0.2) is 4.79 Å². The number of ether oxygens (including phenoxy) is 1. The van der Waals surface area contributed by atoms with Gasteiger partial charge in [0.25, 0.3) is 0 Å². The zero-order valence-corrected chi connectivity index (χ0v) is 21.1. The number of unbranched alkanes of at least 4 members (excludes halogenated alkanes) is 11. The summed E-state index contributed by atoms with van der Waals surface area (Å²) in [6.45, 7) is 2.40. The minimum Gasteiger partial charge on any atom is -0.463 e. The first kappa shape index (κ1) is 24.9. The summed E-state index contributed by atoms with van der Waals surface area (Å²) in [6.07, 6.45) is 19.5. The highest BCUT2D eigenvalue weighted by atomic mass is 127. The summed E-state index contributed by atoms with van der Waals surface area (Å²) in [7, 11) is 0.224. The van der Waals surface area contributed by atoms with E-state index in [-0.39, 0.29) is 15.5 Å². The maximum Gasteiger partial charge on any atom is 0.330 e. The van der Waals surface area contributed by atoms with Crippen molar-refractivity contribution in [3.63, 3.8) is 0 Å². The molecule has 24 heavy (non-hydrogen) atoms. The fourth-order valence-electron chi connectivity index (χ4n) is 2.70. The molecule has 0 fully saturated rings. The minimum atomic E-state index is -0.209. The van der Waals surface area contributed by atoms with Crippen LogP contribution in [0.1, 0.15) is 84.0 Å². The molecule has 142 valence electrons. The summed E-state index contributed by atoms with van der Waals surface area (Å²) in [6, 6.07) is 1.55. The summed E-state index contributed by atoms with van der Waals surface area (Å²) < 4.78 is 6.03. The van der Waals surface area contributed by atoms with E-state index >= 15 is 0 Å². The average Bonchev–Trinajstić information content (AvgIpc) is 2.54. The second-order valence-electron chi connectivity index (χ2n) is 6.44. The molecule has 0 amide bonds. The lowest BCUT2D eigenvalue weighted by Gasteiger charge is -2.04. The van der Waals surface area contributed by atoms with Gasteiger partial charge in [-0.2, -0.15) is 0 Å². The molecule has 0 aliphatic rings. The SMILES string of the molecule is CC=CC(=O)OCCCCCCCCCCCCCC[SiH2]C(I)I. The number of carbonyl (C=O) groups excluding carboxylic acids is 1. The molecule has 0 aromatic rings. The van der Waals surface area contributed by atoms with Gasteiger partial charge in [-0.3, -0.25) is 0 Å². The molecule has 0 saturated heterocycles. The summed E-state index contributed by atoms with van der Waals surface area (Å²) >= 11 is 5.15. The van der Waals surface area contributed by atoms with Gasteiger partial charge in [-0.15, -0.1) is 0 Å². The van der Waals surface area contributed by atoms with Crippen molar-refractivity contribution in [2.24, 2.45) is 0 Å². The third-order valence-corrected chi connectivity index (χ3v) is 9.20. The number of halogens is 2. The van der Waals surface area contributed by atoms with Crippen LogP contribution in [0.3, 0.4) is 0 Å². The zero-order chi connectivity index (χ0) is 17.9. The molecule has 0 radical (unpaired) electrons. The number of esters is 1. The van der Waals surface area contributed by atoms with Crippen LogP contribution in [0.15, 0.2) is 12.2 Å². The van der Waals surface area contributed by atoms with Crippen molar-refractivity contribution in [2.45, 2.75) is 91.6 Å². The third kappa shape index (κ3) is 20.9. The van der Waals surface area contributed by atoms with Crippen LogP contribution in [-0.2, 0) is 9.53 Å². The van der Waals surface area contributed by atoms with Gasteiger partial charge in [-0.05, 0) is 13.3 Å².